The number of aryl methyl sites for hydroxylation is 1. The fourth-order valence-electron chi connectivity index (χ4n) is 5.37. The quantitative estimate of drug-likeness (QED) is 0.327. The van der Waals surface area contributed by atoms with Crippen LogP contribution in [0.3, 0.4) is 0 Å². The maximum absolute atomic E-state index is 13.2. The largest absolute Gasteiger partial charge is 0.481 e. The molecule has 1 saturated heterocycles. The summed E-state index contributed by atoms with van der Waals surface area (Å²) in [5, 5.41) is 22.5. The summed E-state index contributed by atoms with van der Waals surface area (Å²) in [6.45, 7) is 0.836. The van der Waals surface area contributed by atoms with Crippen LogP contribution >= 0.6 is 11.6 Å². The average molecular weight is 570 g/mol. The lowest BCUT2D eigenvalue weighted by Crippen LogP contribution is -2.38. The van der Waals surface area contributed by atoms with Crippen molar-refractivity contribution in [3.63, 3.8) is 0 Å². The molecule has 0 radical (unpaired) electrons. The third kappa shape index (κ3) is 5.01. The number of piperidine rings is 1. The number of nitriles is 1. The molecule has 0 unspecified atom stereocenters. The molecule has 1 atom stereocenters. The van der Waals surface area contributed by atoms with Crippen LogP contribution in [0, 0.1) is 17.2 Å². The second-order valence-corrected chi connectivity index (χ2v) is 10.4. The van der Waals surface area contributed by atoms with Gasteiger partial charge in [-0.1, -0.05) is 29.8 Å². The van der Waals surface area contributed by atoms with Gasteiger partial charge < -0.3 is 14.4 Å². The second kappa shape index (κ2) is 10.7. The van der Waals surface area contributed by atoms with Gasteiger partial charge in [-0.15, -0.1) is 0 Å². The van der Waals surface area contributed by atoms with E-state index in [0.717, 1.165) is 0 Å². The Morgan fingerprint density at radius 3 is 2.38 bits per heavy atom. The molecule has 3 heterocycles. The first-order chi connectivity index (χ1) is 19.1. The fourth-order valence-corrected chi connectivity index (χ4v) is 5.66. The van der Waals surface area contributed by atoms with Gasteiger partial charge in [-0.25, -0.2) is 9.97 Å². The van der Waals surface area contributed by atoms with Gasteiger partial charge in [0, 0.05) is 24.5 Å². The van der Waals surface area contributed by atoms with Crippen molar-refractivity contribution < 1.29 is 23.0 Å². The van der Waals surface area contributed by atoms with Crippen molar-refractivity contribution >= 4 is 22.5 Å². The topological polar surface area (TPSA) is 87.2 Å². The Labute approximate surface area is 234 Å². The highest BCUT2D eigenvalue weighted by atomic mass is 35.5. The Kier molecular flexibility index (Phi) is 7.48. The van der Waals surface area contributed by atoms with Crippen LogP contribution in [0.2, 0.25) is 5.02 Å². The van der Waals surface area contributed by atoms with E-state index in [2.05, 4.69) is 16.0 Å². The second-order valence-electron chi connectivity index (χ2n) is 10.0. The van der Waals surface area contributed by atoms with Gasteiger partial charge in [0.15, 0.2) is 5.60 Å². The predicted octanol–water partition coefficient (Wildman–Crippen LogP) is 5.56. The highest BCUT2D eigenvalue weighted by Crippen LogP contribution is 2.41. The summed E-state index contributed by atoms with van der Waals surface area (Å²) < 4.78 is 46.7. The summed E-state index contributed by atoms with van der Waals surface area (Å²) in [5.41, 5.74) is 1.45. The normalized spacial score (nSPS) is 16.6. The van der Waals surface area contributed by atoms with Crippen molar-refractivity contribution in [1.82, 2.24) is 19.4 Å². The van der Waals surface area contributed by atoms with Gasteiger partial charge in [-0.05, 0) is 61.3 Å². The molecule has 1 aliphatic heterocycles. The molecule has 0 spiro atoms. The van der Waals surface area contributed by atoms with E-state index >= 15 is 0 Å². The number of imidazole rings is 1. The number of fused-ring (bicyclic) bond motifs is 1. The standard InChI is InChI=1S/C29H27ClF3N5O2/c1-37-17-35-15-25(37)28(39,19-5-3-18(14-34)4-6-19)21-7-8-24-22(13-21)26(30)23(27(36-24)40-2)16-38-11-9-20(10-12-38)29(31,32)33/h3-8,13,15,17,20,39H,9-12,16H2,1-2H3/t28-/m0/s1. The SMILES string of the molecule is COc1nc2ccc([C@@](O)(c3ccc(C#N)cc3)c3cncn3C)cc2c(Cl)c1CN1CCC(C(F)(F)F)CC1. The third-order valence-electron chi connectivity index (χ3n) is 7.64. The van der Waals surface area contributed by atoms with Crippen molar-refractivity contribution in [2.45, 2.75) is 31.2 Å². The van der Waals surface area contributed by atoms with Crippen LogP contribution in [0.25, 0.3) is 10.9 Å². The molecule has 1 fully saturated rings. The maximum atomic E-state index is 13.2. The summed E-state index contributed by atoms with van der Waals surface area (Å²) in [7, 11) is 3.25. The van der Waals surface area contributed by atoms with Crippen LogP contribution < -0.4 is 4.74 Å². The third-order valence-corrected chi connectivity index (χ3v) is 8.07. The minimum absolute atomic E-state index is 0.0247. The number of methoxy groups -OCH3 is 1. The molecular weight excluding hydrogens is 543 g/mol. The zero-order valence-corrected chi connectivity index (χ0v) is 22.7. The van der Waals surface area contributed by atoms with E-state index in [0.29, 0.717) is 49.8 Å². The van der Waals surface area contributed by atoms with Crippen molar-refractivity contribution in [2.75, 3.05) is 20.2 Å². The number of ether oxygens (including phenoxy) is 1. The number of hydrogen-bond donors (Lipinski definition) is 1. The number of benzene rings is 2. The van der Waals surface area contributed by atoms with Crippen molar-refractivity contribution in [3.05, 3.63) is 88.0 Å². The molecule has 5 rings (SSSR count). The van der Waals surface area contributed by atoms with Gasteiger partial charge in [0.2, 0.25) is 5.88 Å². The van der Waals surface area contributed by atoms with Gasteiger partial charge in [-0.2, -0.15) is 18.4 Å². The van der Waals surface area contributed by atoms with Gasteiger partial charge in [0.25, 0.3) is 0 Å². The van der Waals surface area contributed by atoms with E-state index in [9.17, 15) is 23.5 Å². The molecule has 2 aromatic heterocycles. The van der Waals surface area contributed by atoms with E-state index in [-0.39, 0.29) is 32.5 Å². The molecule has 40 heavy (non-hydrogen) atoms. The number of nitrogens with zero attached hydrogens (tertiary/aromatic N) is 5. The van der Waals surface area contributed by atoms with Crippen LogP contribution in [-0.4, -0.2) is 50.9 Å². The smallest absolute Gasteiger partial charge is 0.391 e. The van der Waals surface area contributed by atoms with E-state index < -0.39 is 17.7 Å². The molecule has 0 bridgehead atoms. The summed E-state index contributed by atoms with van der Waals surface area (Å²) in [6.07, 6.45) is -0.980. The summed E-state index contributed by atoms with van der Waals surface area (Å²) in [4.78, 5) is 10.7. The Bertz CT molecular complexity index is 1570. The monoisotopic (exact) mass is 569 g/mol. The van der Waals surface area contributed by atoms with Gasteiger partial charge in [0.05, 0.1) is 53.4 Å². The average Bonchev–Trinajstić information content (AvgIpc) is 3.40. The first-order valence-corrected chi connectivity index (χ1v) is 13.1. The molecule has 208 valence electrons. The number of likely N-dealkylation sites (tertiary alicyclic amines) is 1. The Morgan fingerprint density at radius 2 is 1.80 bits per heavy atom. The highest BCUT2D eigenvalue weighted by molar-refractivity contribution is 6.36. The summed E-state index contributed by atoms with van der Waals surface area (Å²) in [6, 6.07) is 14.0. The minimum Gasteiger partial charge on any atom is -0.481 e. The first-order valence-electron chi connectivity index (χ1n) is 12.7. The summed E-state index contributed by atoms with van der Waals surface area (Å²) in [5.74, 6) is -0.998. The molecule has 0 aliphatic carbocycles. The van der Waals surface area contributed by atoms with Gasteiger partial charge in [-0.3, -0.25) is 4.90 Å². The lowest BCUT2D eigenvalue weighted by Gasteiger charge is -2.33. The lowest BCUT2D eigenvalue weighted by molar-refractivity contribution is -0.185. The molecule has 4 aromatic rings. The molecule has 2 aromatic carbocycles. The number of rotatable bonds is 6. The van der Waals surface area contributed by atoms with Crippen molar-refractivity contribution in [1.29, 1.82) is 5.26 Å². The predicted molar refractivity (Wildman–Crippen MR) is 144 cm³/mol. The number of hydrogen-bond acceptors (Lipinski definition) is 6. The fraction of sp³-hybridized carbons (Fsp3) is 0.345. The van der Waals surface area contributed by atoms with Gasteiger partial charge >= 0.3 is 6.18 Å². The van der Waals surface area contributed by atoms with Crippen LogP contribution in [-0.2, 0) is 19.2 Å². The van der Waals surface area contributed by atoms with Crippen molar-refractivity contribution in [2.24, 2.45) is 13.0 Å². The number of aromatic nitrogens is 3. The maximum Gasteiger partial charge on any atom is 0.391 e. The summed E-state index contributed by atoms with van der Waals surface area (Å²) >= 11 is 6.95. The molecule has 0 amide bonds. The minimum atomic E-state index is -4.19. The first kappa shape index (κ1) is 27.9. The van der Waals surface area contributed by atoms with E-state index in [4.69, 9.17) is 16.3 Å². The Balaban J connectivity index is 1.58. The van der Waals surface area contributed by atoms with Crippen LogP contribution in [0.15, 0.2) is 55.0 Å². The number of pyridine rings is 1. The van der Waals surface area contributed by atoms with Crippen molar-refractivity contribution in [3.8, 4) is 11.9 Å². The molecular formula is C29H27ClF3N5O2. The molecule has 1 aliphatic rings. The molecule has 7 nitrogen and oxygen atoms in total. The number of halogens is 4. The van der Waals surface area contributed by atoms with Gasteiger partial charge in [0.1, 0.15) is 0 Å². The molecule has 1 N–H and O–H groups in total. The Hall–Kier alpha value is -3.65. The number of alkyl halides is 3. The van der Waals surface area contributed by atoms with E-state index in [1.807, 2.05) is 4.90 Å². The van der Waals surface area contributed by atoms with Crippen LogP contribution in [0.5, 0.6) is 5.88 Å². The Morgan fingerprint density at radius 1 is 1.12 bits per heavy atom. The number of aliphatic hydroxyl groups is 1. The van der Waals surface area contributed by atoms with E-state index in [1.165, 1.54) is 7.11 Å². The zero-order valence-electron chi connectivity index (χ0n) is 21.9. The van der Waals surface area contributed by atoms with Crippen LogP contribution in [0.4, 0.5) is 13.2 Å². The highest BCUT2D eigenvalue weighted by Gasteiger charge is 2.41. The zero-order chi connectivity index (χ0) is 28.7. The van der Waals surface area contributed by atoms with E-state index in [1.54, 1.807) is 66.6 Å². The lowest BCUT2D eigenvalue weighted by atomic mass is 9.82. The molecule has 11 heteroatoms. The molecule has 0 saturated carbocycles. The van der Waals surface area contributed by atoms with Crippen LogP contribution in [0.1, 0.15) is 40.8 Å².